The summed E-state index contributed by atoms with van der Waals surface area (Å²) in [7, 11) is 0. The average molecular weight is 193 g/mol. The number of aryl methyl sites for hydroxylation is 2. The van der Waals surface area contributed by atoms with Crippen LogP contribution < -0.4 is 4.90 Å². The van der Waals surface area contributed by atoms with Gasteiger partial charge in [-0.3, -0.25) is 9.69 Å². The lowest BCUT2D eigenvalue weighted by Gasteiger charge is -2.12. The summed E-state index contributed by atoms with van der Waals surface area (Å²) >= 11 is 0. The number of aromatic nitrogens is 2. The molecule has 74 valence electrons. The third-order valence-corrected chi connectivity index (χ3v) is 1.95. The van der Waals surface area contributed by atoms with Gasteiger partial charge in [-0.05, 0) is 19.9 Å². The van der Waals surface area contributed by atoms with Crippen LogP contribution in [0.2, 0.25) is 0 Å². The summed E-state index contributed by atoms with van der Waals surface area (Å²) in [6.07, 6.45) is 0. The number of nitrogens with zero attached hydrogens (tertiary/aromatic N) is 3. The van der Waals surface area contributed by atoms with Gasteiger partial charge in [-0.1, -0.05) is 0 Å². The maximum atomic E-state index is 10.9. The molecule has 0 saturated carbocycles. The highest BCUT2D eigenvalue weighted by Crippen LogP contribution is 2.13. The summed E-state index contributed by atoms with van der Waals surface area (Å²) in [6.45, 7) is 4.29. The fraction of sp³-hybridized carbons (Fsp3) is 0.444. The van der Waals surface area contributed by atoms with Crippen molar-refractivity contribution in [2.45, 2.75) is 13.8 Å². The Kier molecular flexibility index (Phi) is 2.07. The minimum atomic E-state index is -0.229. The first-order valence-corrected chi connectivity index (χ1v) is 4.38. The van der Waals surface area contributed by atoms with Crippen molar-refractivity contribution in [2.24, 2.45) is 0 Å². The van der Waals surface area contributed by atoms with Gasteiger partial charge in [0.15, 0.2) is 6.73 Å². The number of esters is 1. The van der Waals surface area contributed by atoms with Crippen LogP contribution in [0.3, 0.4) is 0 Å². The molecular weight excluding hydrogens is 182 g/mol. The van der Waals surface area contributed by atoms with Crippen LogP contribution in [0.1, 0.15) is 11.4 Å². The van der Waals surface area contributed by atoms with E-state index in [1.165, 1.54) is 0 Å². The molecule has 0 atom stereocenters. The molecule has 0 spiro atoms. The summed E-state index contributed by atoms with van der Waals surface area (Å²) in [5.41, 5.74) is 1.79. The monoisotopic (exact) mass is 193 g/mol. The maximum absolute atomic E-state index is 10.9. The molecule has 1 aromatic heterocycles. The molecule has 1 aliphatic rings. The lowest BCUT2D eigenvalue weighted by atomic mass is 10.3. The summed E-state index contributed by atoms with van der Waals surface area (Å²) < 4.78 is 4.81. The van der Waals surface area contributed by atoms with Crippen LogP contribution in [-0.2, 0) is 9.53 Å². The molecule has 5 nitrogen and oxygen atoms in total. The molecule has 1 fully saturated rings. The molecule has 1 aliphatic heterocycles. The zero-order valence-corrected chi connectivity index (χ0v) is 8.15. The first-order chi connectivity index (χ1) is 6.65. The Morgan fingerprint density at radius 1 is 1.36 bits per heavy atom. The van der Waals surface area contributed by atoms with Gasteiger partial charge in [-0.15, -0.1) is 0 Å². The molecule has 2 rings (SSSR count). The van der Waals surface area contributed by atoms with E-state index in [1.807, 2.05) is 19.9 Å². The summed E-state index contributed by atoms with van der Waals surface area (Å²) in [5.74, 6) is 0.334. The SMILES string of the molecule is Cc1cc(C)nc(N2COC(=O)C2)n1. The number of hydrogen-bond donors (Lipinski definition) is 0. The fourth-order valence-electron chi connectivity index (χ4n) is 1.37. The number of cyclic esters (lactones) is 1. The second kappa shape index (κ2) is 3.25. The minimum Gasteiger partial charge on any atom is -0.443 e. The summed E-state index contributed by atoms with van der Waals surface area (Å²) in [4.78, 5) is 21.1. The topological polar surface area (TPSA) is 55.3 Å². The third kappa shape index (κ3) is 1.66. The van der Waals surface area contributed by atoms with Gasteiger partial charge in [-0.25, -0.2) is 9.97 Å². The number of hydrogen-bond acceptors (Lipinski definition) is 5. The highest BCUT2D eigenvalue weighted by molar-refractivity contribution is 5.77. The van der Waals surface area contributed by atoms with E-state index in [4.69, 9.17) is 4.74 Å². The van der Waals surface area contributed by atoms with E-state index >= 15 is 0 Å². The molecule has 1 aromatic rings. The van der Waals surface area contributed by atoms with E-state index in [0.717, 1.165) is 11.4 Å². The van der Waals surface area contributed by atoms with Crippen LogP contribution in [0.4, 0.5) is 5.95 Å². The second-order valence-corrected chi connectivity index (χ2v) is 3.29. The van der Waals surface area contributed by atoms with Crippen LogP contribution >= 0.6 is 0 Å². The van der Waals surface area contributed by atoms with Crippen LogP contribution in [0, 0.1) is 13.8 Å². The van der Waals surface area contributed by atoms with Crippen molar-refractivity contribution in [1.82, 2.24) is 9.97 Å². The van der Waals surface area contributed by atoms with Crippen molar-refractivity contribution in [1.29, 1.82) is 0 Å². The Labute approximate surface area is 81.7 Å². The van der Waals surface area contributed by atoms with E-state index in [-0.39, 0.29) is 19.2 Å². The van der Waals surface area contributed by atoms with E-state index in [2.05, 4.69) is 9.97 Å². The molecule has 0 radical (unpaired) electrons. The van der Waals surface area contributed by atoms with Crippen LogP contribution in [0.25, 0.3) is 0 Å². The van der Waals surface area contributed by atoms with Gasteiger partial charge < -0.3 is 4.74 Å². The molecule has 0 aromatic carbocycles. The largest absolute Gasteiger partial charge is 0.443 e. The van der Waals surface area contributed by atoms with Crippen LogP contribution in [0.5, 0.6) is 0 Å². The molecule has 0 bridgehead atoms. The minimum absolute atomic E-state index is 0.229. The molecule has 14 heavy (non-hydrogen) atoms. The predicted octanol–water partition coefficient (Wildman–Crippen LogP) is 0.414. The maximum Gasteiger partial charge on any atom is 0.327 e. The Hall–Kier alpha value is -1.65. The number of rotatable bonds is 1. The van der Waals surface area contributed by atoms with E-state index in [1.54, 1.807) is 4.90 Å². The quantitative estimate of drug-likeness (QED) is 0.605. The van der Waals surface area contributed by atoms with Gasteiger partial charge in [0.05, 0.1) is 0 Å². The van der Waals surface area contributed by atoms with Crippen molar-refractivity contribution in [2.75, 3.05) is 18.2 Å². The summed E-state index contributed by atoms with van der Waals surface area (Å²) in [6, 6.07) is 1.89. The first kappa shape index (κ1) is 8.93. The zero-order valence-electron chi connectivity index (χ0n) is 8.15. The molecular formula is C9H11N3O2. The lowest BCUT2D eigenvalue weighted by Crippen LogP contribution is -2.22. The number of carbonyl (C=O) groups excluding carboxylic acids is 1. The molecule has 0 amide bonds. The third-order valence-electron chi connectivity index (χ3n) is 1.95. The molecule has 2 heterocycles. The molecule has 0 unspecified atom stereocenters. The van der Waals surface area contributed by atoms with Crippen molar-refractivity contribution >= 4 is 11.9 Å². The Morgan fingerprint density at radius 2 is 2.00 bits per heavy atom. The Bertz CT molecular complexity index is 358. The molecule has 0 N–H and O–H groups in total. The number of ether oxygens (including phenoxy) is 1. The van der Waals surface area contributed by atoms with E-state index < -0.39 is 0 Å². The van der Waals surface area contributed by atoms with Gasteiger partial charge in [-0.2, -0.15) is 0 Å². The van der Waals surface area contributed by atoms with E-state index in [9.17, 15) is 4.79 Å². The van der Waals surface area contributed by atoms with Gasteiger partial charge >= 0.3 is 5.97 Å². The van der Waals surface area contributed by atoms with Crippen molar-refractivity contribution in [3.8, 4) is 0 Å². The number of anilines is 1. The standard InChI is InChI=1S/C9H11N3O2/c1-6-3-7(2)11-9(10-6)12-4-8(13)14-5-12/h3H,4-5H2,1-2H3. The van der Waals surface area contributed by atoms with Crippen molar-refractivity contribution in [3.63, 3.8) is 0 Å². The van der Waals surface area contributed by atoms with Crippen molar-refractivity contribution in [3.05, 3.63) is 17.5 Å². The summed E-state index contributed by atoms with van der Waals surface area (Å²) in [5, 5.41) is 0. The number of carbonyl (C=O) groups is 1. The Morgan fingerprint density at radius 3 is 2.50 bits per heavy atom. The first-order valence-electron chi connectivity index (χ1n) is 4.38. The van der Waals surface area contributed by atoms with Crippen LogP contribution in [0.15, 0.2) is 6.07 Å². The van der Waals surface area contributed by atoms with Gasteiger partial charge in [0.2, 0.25) is 5.95 Å². The van der Waals surface area contributed by atoms with Gasteiger partial charge in [0, 0.05) is 11.4 Å². The van der Waals surface area contributed by atoms with E-state index in [0.29, 0.717) is 5.95 Å². The van der Waals surface area contributed by atoms with Gasteiger partial charge in [0.1, 0.15) is 6.54 Å². The lowest BCUT2D eigenvalue weighted by molar-refractivity contribution is -0.136. The molecule has 5 heteroatoms. The Balaban J connectivity index is 2.27. The molecule has 0 aliphatic carbocycles. The highest BCUT2D eigenvalue weighted by atomic mass is 16.6. The predicted molar refractivity (Wildman–Crippen MR) is 49.8 cm³/mol. The smallest absolute Gasteiger partial charge is 0.327 e. The molecule has 1 saturated heterocycles. The average Bonchev–Trinajstić information content (AvgIpc) is 2.50. The zero-order chi connectivity index (χ0) is 10.1. The van der Waals surface area contributed by atoms with Crippen molar-refractivity contribution < 1.29 is 9.53 Å². The fourth-order valence-corrected chi connectivity index (χ4v) is 1.37. The second-order valence-electron chi connectivity index (χ2n) is 3.29. The van der Waals surface area contributed by atoms with Gasteiger partial charge in [0.25, 0.3) is 0 Å². The highest BCUT2D eigenvalue weighted by Gasteiger charge is 2.23. The normalized spacial score (nSPS) is 15.9. The van der Waals surface area contributed by atoms with Crippen LogP contribution in [-0.4, -0.2) is 29.2 Å².